The molecule has 0 aliphatic rings. The summed E-state index contributed by atoms with van der Waals surface area (Å²) in [6.07, 6.45) is -4.38. The van der Waals surface area contributed by atoms with E-state index in [0.717, 1.165) is 24.3 Å². The summed E-state index contributed by atoms with van der Waals surface area (Å²) in [7, 11) is 0. The predicted molar refractivity (Wildman–Crippen MR) is 69.8 cm³/mol. The molecule has 1 N–H and O–H groups in total. The minimum absolute atomic E-state index is 0.378. The Kier molecular flexibility index (Phi) is 4.16. The smallest absolute Gasteiger partial charge is 0.379 e. The summed E-state index contributed by atoms with van der Waals surface area (Å²) in [5.74, 6) is -1.91. The average molecular weight is 301 g/mol. The highest BCUT2D eigenvalue weighted by atomic mass is 19.4. The van der Waals surface area contributed by atoms with Crippen LogP contribution in [0.3, 0.4) is 0 Å². The van der Waals surface area contributed by atoms with Crippen LogP contribution in [0.15, 0.2) is 42.5 Å². The summed E-state index contributed by atoms with van der Waals surface area (Å²) in [5.41, 5.74) is 0.211. The molecule has 1 atom stereocenters. The highest BCUT2D eigenvalue weighted by molar-refractivity contribution is 5.47. The number of anilines is 1. The Bertz CT molecular complexity index is 619. The first-order valence-corrected chi connectivity index (χ1v) is 6.16. The van der Waals surface area contributed by atoms with Gasteiger partial charge in [0.2, 0.25) is 0 Å². The van der Waals surface area contributed by atoms with Crippen molar-refractivity contribution in [3.63, 3.8) is 0 Å². The largest absolute Gasteiger partial charge is 0.416 e. The van der Waals surface area contributed by atoms with Crippen LogP contribution in [0.4, 0.5) is 27.6 Å². The minimum Gasteiger partial charge on any atom is -0.379 e. The zero-order valence-corrected chi connectivity index (χ0v) is 11.0. The Hall–Kier alpha value is -2.11. The lowest BCUT2D eigenvalue weighted by molar-refractivity contribution is -0.137. The second-order valence-corrected chi connectivity index (χ2v) is 4.61. The Morgan fingerprint density at radius 2 is 1.52 bits per heavy atom. The van der Waals surface area contributed by atoms with Crippen molar-refractivity contribution in [2.24, 2.45) is 0 Å². The molecule has 0 aliphatic carbocycles. The second-order valence-electron chi connectivity index (χ2n) is 4.61. The molecule has 0 amide bonds. The van der Waals surface area contributed by atoms with E-state index >= 15 is 0 Å². The van der Waals surface area contributed by atoms with Gasteiger partial charge in [0.15, 0.2) is 11.6 Å². The van der Waals surface area contributed by atoms with E-state index in [-0.39, 0.29) is 6.04 Å². The van der Waals surface area contributed by atoms with Crippen molar-refractivity contribution in [3.05, 3.63) is 65.2 Å². The highest BCUT2D eigenvalue weighted by Gasteiger charge is 2.29. The molecule has 0 spiro atoms. The first-order valence-electron chi connectivity index (χ1n) is 6.16. The Balaban J connectivity index is 2.12. The third-order valence-corrected chi connectivity index (χ3v) is 3.04. The van der Waals surface area contributed by atoms with E-state index in [9.17, 15) is 22.0 Å². The fraction of sp³-hybridized carbons (Fsp3) is 0.200. The molecule has 0 fully saturated rings. The maximum absolute atomic E-state index is 13.1. The Labute approximate surface area is 118 Å². The van der Waals surface area contributed by atoms with Gasteiger partial charge in [0, 0.05) is 11.7 Å². The Morgan fingerprint density at radius 3 is 2.05 bits per heavy atom. The minimum atomic E-state index is -4.38. The van der Waals surface area contributed by atoms with Gasteiger partial charge in [-0.05, 0) is 48.9 Å². The van der Waals surface area contributed by atoms with Crippen LogP contribution < -0.4 is 5.32 Å². The van der Waals surface area contributed by atoms with Gasteiger partial charge < -0.3 is 5.32 Å². The topological polar surface area (TPSA) is 12.0 Å². The fourth-order valence-corrected chi connectivity index (χ4v) is 1.87. The maximum atomic E-state index is 13.1. The third-order valence-electron chi connectivity index (χ3n) is 3.04. The molecule has 0 heterocycles. The molecule has 0 aliphatic heterocycles. The number of hydrogen-bond acceptors (Lipinski definition) is 1. The van der Waals surface area contributed by atoms with Gasteiger partial charge in [-0.2, -0.15) is 13.2 Å². The first kappa shape index (κ1) is 15.3. The van der Waals surface area contributed by atoms with Gasteiger partial charge in [0.05, 0.1) is 5.56 Å². The number of halogens is 5. The van der Waals surface area contributed by atoms with Crippen LogP contribution in [-0.2, 0) is 6.18 Å². The summed E-state index contributed by atoms with van der Waals surface area (Å²) in [5, 5.41) is 2.93. The van der Waals surface area contributed by atoms with Crippen molar-refractivity contribution in [1.82, 2.24) is 0 Å². The van der Waals surface area contributed by atoms with Crippen molar-refractivity contribution in [1.29, 1.82) is 0 Å². The SMILES string of the molecule is CC(Nc1ccc(C(F)(F)F)cc1)c1ccc(F)c(F)c1. The normalized spacial score (nSPS) is 13.0. The van der Waals surface area contributed by atoms with Gasteiger partial charge >= 0.3 is 6.18 Å². The van der Waals surface area contributed by atoms with Crippen LogP contribution in [0.25, 0.3) is 0 Å². The Morgan fingerprint density at radius 1 is 0.905 bits per heavy atom. The molecule has 2 aromatic rings. The first-order chi connectivity index (χ1) is 9.77. The van der Waals surface area contributed by atoms with Crippen molar-refractivity contribution < 1.29 is 22.0 Å². The van der Waals surface area contributed by atoms with Gasteiger partial charge in [-0.1, -0.05) is 6.07 Å². The summed E-state index contributed by atoms with van der Waals surface area (Å²) in [4.78, 5) is 0. The van der Waals surface area contributed by atoms with E-state index in [2.05, 4.69) is 5.32 Å². The molecule has 1 unspecified atom stereocenters. The van der Waals surface area contributed by atoms with Crippen LogP contribution >= 0.6 is 0 Å². The molecule has 0 saturated carbocycles. The summed E-state index contributed by atoms with van der Waals surface area (Å²) in [6, 6.07) is 7.60. The van der Waals surface area contributed by atoms with Crippen molar-refractivity contribution in [3.8, 4) is 0 Å². The molecule has 0 aromatic heterocycles. The van der Waals surface area contributed by atoms with Crippen molar-refractivity contribution in [2.75, 3.05) is 5.32 Å². The summed E-state index contributed by atoms with van der Waals surface area (Å²) >= 11 is 0. The lowest BCUT2D eigenvalue weighted by atomic mass is 10.1. The predicted octanol–water partition coefficient (Wildman–Crippen LogP) is 5.16. The van der Waals surface area contributed by atoms with Crippen LogP contribution in [0.1, 0.15) is 24.1 Å². The highest BCUT2D eigenvalue weighted by Crippen LogP contribution is 2.30. The quantitative estimate of drug-likeness (QED) is 0.772. The van der Waals surface area contributed by atoms with E-state index in [0.29, 0.717) is 11.3 Å². The van der Waals surface area contributed by atoms with E-state index in [1.54, 1.807) is 6.92 Å². The second kappa shape index (κ2) is 5.71. The molecule has 2 aromatic carbocycles. The van der Waals surface area contributed by atoms with Crippen LogP contribution in [-0.4, -0.2) is 0 Å². The van der Waals surface area contributed by atoms with Crippen LogP contribution in [0.5, 0.6) is 0 Å². The van der Waals surface area contributed by atoms with Gasteiger partial charge in [0.1, 0.15) is 0 Å². The molecule has 6 heteroatoms. The molecule has 0 radical (unpaired) electrons. The van der Waals surface area contributed by atoms with Crippen molar-refractivity contribution >= 4 is 5.69 Å². The average Bonchev–Trinajstić information content (AvgIpc) is 2.41. The molecule has 21 heavy (non-hydrogen) atoms. The molecule has 0 saturated heterocycles. The van der Waals surface area contributed by atoms with Crippen molar-refractivity contribution in [2.45, 2.75) is 19.1 Å². The molecule has 1 nitrogen and oxygen atoms in total. The standard InChI is InChI=1S/C15H12F5N/c1-9(10-2-7-13(16)14(17)8-10)21-12-5-3-11(4-6-12)15(18,19)20/h2-9,21H,1H3. The van der Waals surface area contributed by atoms with Gasteiger partial charge in [-0.15, -0.1) is 0 Å². The van der Waals surface area contributed by atoms with Gasteiger partial charge in [-0.3, -0.25) is 0 Å². The number of hydrogen-bond donors (Lipinski definition) is 1. The number of benzene rings is 2. The number of alkyl halides is 3. The van der Waals surface area contributed by atoms with Crippen LogP contribution in [0.2, 0.25) is 0 Å². The van der Waals surface area contributed by atoms with E-state index in [1.807, 2.05) is 0 Å². The van der Waals surface area contributed by atoms with E-state index in [4.69, 9.17) is 0 Å². The third kappa shape index (κ3) is 3.71. The lowest BCUT2D eigenvalue weighted by Gasteiger charge is -2.16. The molecular formula is C15H12F5N. The fourth-order valence-electron chi connectivity index (χ4n) is 1.87. The maximum Gasteiger partial charge on any atom is 0.416 e. The summed E-state index contributed by atoms with van der Waals surface area (Å²) < 4.78 is 63.3. The summed E-state index contributed by atoms with van der Waals surface area (Å²) in [6.45, 7) is 1.70. The zero-order chi connectivity index (χ0) is 15.6. The van der Waals surface area contributed by atoms with E-state index < -0.39 is 23.4 Å². The molecule has 2 rings (SSSR count). The molecule has 0 bridgehead atoms. The monoisotopic (exact) mass is 301 g/mol. The van der Waals surface area contributed by atoms with Crippen LogP contribution in [0, 0.1) is 11.6 Å². The van der Waals surface area contributed by atoms with Gasteiger partial charge in [-0.25, -0.2) is 8.78 Å². The van der Waals surface area contributed by atoms with Gasteiger partial charge in [0.25, 0.3) is 0 Å². The number of rotatable bonds is 3. The number of nitrogens with one attached hydrogen (secondary N) is 1. The molecular weight excluding hydrogens is 289 g/mol. The molecule has 112 valence electrons. The van der Waals surface area contributed by atoms with E-state index in [1.165, 1.54) is 18.2 Å². The zero-order valence-electron chi connectivity index (χ0n) is 11.0. The lowest BCUT2D eigenvalue weighted by Crippen LogP contribution is -2.08.